The normalized spacial score (nSPS) is 14.0. The first kappa shape index (κ1) is 20.7. The van der Waals surface area contributed by atoms with Crippen LogP contribution in [-0.2, 0) is 11.2 Å². The predicted molar refractivity (Wildman–Crippen MR) is 105 cm³/mol. The third kappa shape index (κ3) is 4.89. The highest BCUT2D eigenvalue weighted by Crippen LogP contribution is 2.25. The Bertz CT molecular complexity index is 924. The summed E-state index contributed by atoms with van der Waals surface area (Å²) in [6, 6.07) is 7.40. The summed E-state index contributed by atoms with van der Waals surface area (Å²) in [5.74, 6) is -0.612. The van der Waals surface area contributed by atoms with Gasteiger partial charge in [-0.25, -0.2) is 4.39 Å². The van der Waals surface area contributed by atoms with Crippen LogP contribution in [0.3, 0.4) is 0 Å². The number of methoxy groups -OCH3 is 1. The molecule has 29 heavy (non-hydrogen) atoms. The number of benzene rings is 1. The van der Waals surface area contributed by atoms with Crippen molar-refractivity contribution in [2.24, 2.45) is 0 Å². The van der Waals surface area contributed by atoms with Gasteiger partial charge in [-0.2, -0.15) is 0 Å². The van der Waals surface area contributed by atoms with Gasteiger partial charge in [-0.1, -0.05) is 17.4 Å². The maximum atomic E-state index is 13.7. The average molecular weight is 421 g/mol. The van der Waals surface area contributed by atoms with Gasteiger partial charge in [0.15, 0.2) is 11.6 Å². The zero-order valence-electron chi connectivity index (χ0n) is 15.8. The Morgan fingerprint density at radius 3 is 2.45 bits per heavy atom. The van der Waals surface area contributed by atoms with Gasteiger partial charge < -0.3 is 14.5 Å². The summed E-state index contributed by atoms with van der Waals surface area (Å²) < 4.78 is 18.6. The molecule has 0 bridgehead atoms. The fourth-order valence-corrected chi connectivity index (χ4v) is 3.92. The van der Waals surface area contributed by atoms with E-state index in [-0.39, 0.29) is 29.0 Å². The molecule has 1 aromatic heterocycles. The SMILES string of the molecule is COc1ccc(CCC(=O)N2CCN(C(=O)c3ccc([N+](=O)[O-])s3)CC2)cc1F. The lowest BCUT2D eigenvalue weighted by Gasteiger charge is -2.34. The minimum absolute atomic E-state index is 0.0555. The number of thiophene rings is 1. The van der Waals surface area contributed by atoms with Gasteiger partial charge in [0, 0.05) is 38.7 Å². The summed E-state index contributed by atoms with van der Waals surface area (Å²) >= 11 is 0.849. The highest BCUT2D eigenvalue weighted by Gasteiger charge is 2.26. The zero-order valence-corrected chi connectivity index (χ0v) is 16.6. The van der Waals surface area contributed by atoms with Crippen LogP contribution in [0.25, 0.3) is 0 Å². The number of hydrogen-bond donors (Lipinski definition) is 0. The first-order valence-corrected chi connectivity index (χ1v) is 9.84. The third-order valence-corrected chi connectivity index (χ3v) is 5.77. The molecule has 2 aromatic rings. The molecule has 2 amide bonds. The quantitative estimate of drug-likeness (QED) is 0.528. The standard InChI is InChI=1S/C19H20FN3O5S/c1-28-15-4-2-13(12-14(15)20)3-6-17(24)21-8-10-22(11-9-21)19(25)16-5-7-18(29-16)23(26)27/h2,4-5,7,12H,3,6,8-11H2,1H3. The van der Waals surface area contributed by atoms with Crippen LogP contribution in [0.2, 0.25) is 0 Å². The average Bonchev–Trinajstić information content (AvgIpc) is 3.22. The molecular formula is C19H20FN3O5S. The molecule has 8 nitrogen and oxygen atoms in total. The molecule has 1 saturated heterocycles. The molecule has 1 aromatic carbocycles. The van der Waals surface area contributed by atoms with Crippen molar-refractivity contribution in [3.63, 3.8) is 0 Å². The molecule has 2 heterocycles. The van der Waals surface area contributed by atoms with Crippen molar-refractivity contribution < 1.29 is 23.6 Å². The Balaban J connectivity index is 1.49. The number of amides is 2. The predicted octanol–water partition coefficient (Wildman–Crippen LogP) is 2.72. The molecule has 10 heteroatoms. The molecule has 0 spiro atoms. The van der Waals surface area contributed by atoms with Crippen molar-refractivity contribution in [3.8, 4) is 5.75 Å². The molecular weight excluding hydrogens is 401 g/mol. The molecule has 1 aliphatic heterocycles. The largest absolute Gasteiger partial charge is 0.494 e. The smallest absolute Gasteiger partial charge is 0.324 e. The number of rotatable bonds is 6. The van der Waals surface area contributed by atoms with Gasteiger partial charge in [0.1, 0.15) is 0 Å². The summed E-state index contributed by atoms with van der Waals surface area (Å²) in [7, 11) is 1.39. The van der Waals surface area contributed by atoms with Gasteiger partial charge in [-0.05, 0) is 30.2 Å². The summed E-state index contributed by atoms with van der Waals surface area (Å²) in [5, 5.41) is 10.7. The topological polar surface area (TPSA) is 93.0 Å². The van der Waals surface area contributed by atoms with E-state index < -0.39 is 10.7 Å². The van der Waals surface area contributed by atoms with Crippen LogP contribution in [0.1, 0.15) is 21.7 Å². The van der Waals surface area contributed by atoms with Crippen molar-refractivity contribution >= 4 is 28.2 Å². The number of aryl methyl sites for hydroxylation is 1. The van der Waals surface area contributed by atoms with Crippen LogP contribution >= 0.6 is 11.3 Å². The number of carbonyl (C=O) groups is 2. The molecule has 0 saturated carbocycles. The van der Waals surface area contributed by atoms with Gasteiger partial charge in [0.25, 0.3) is 5.91 Å². The number of ether oxygens (including phenoxy) is 1. The second kappa shape index (κ2) is 8.99. The maximum absolute atomic E-state index is 13.7. The minimum atomic E-state index is -0.521. The Morgan fingerprint density at radius 1 is 1.17 bits per heavy atom. The van der Waals surface area contributed by atoms with E-state index in [2.05, 4.69) is 0 Å². The van der Waals surface area contributed by atoms with Crippen molar-refractivity contribution in [1.82, 2.24) is 9.80 Å². The monoisotopic (exact) mass is 421 g/mol. The van der Waals surface area contributed by atoms with Crippen molar-refractivity contribution in [2.75, 3.05) is 33.3 Å². The number of piperazine rings is 1. The van der Waals surface area contributed by atoms with Crippen molar-refractivity contribution in [1.29, 1.82) is 0 Å². The summed E-state index contributed by atoms with van der Waals surface area (Å²) in [6.07, 6.45) is 0.661. The van der Waals surface area contributed by atoms with E-state index in [1.165, 1.54) is 31.4 Å². The molecule has 0 aliphatic carbocycles. The van der Waals surface area contributed by atoms with Gasteiger partial charge >= 0.3 is 5.00 Å². The fraction of sp³-hybridized carbons (Fsp3) is 0.368. The van der Waals surface area contributed by atoms with Crippen LogP contribution in [0.4, 0.5) is 9.39 Å². The lowest BCUT2D eigenvalue weighted by atomic mass is 10.1. The van der Waals surface area contributed by atoms with E-state index in [4.69, 9.17) is 4.74 Å². The van der Waals surface area contributed by atoms with E-state index in [9.17, 15) is 24.1 Å². The fourth-order valence-electron chi connectivity index (χ4n) is 3.13. The molecule has 1 fully saturated rings. The van der Waals surface area contributed by atoms with E-state index in [0.717, 1.165) is 11.3 Å². The molecule has 154 valence electrons. The van der Waals surface area contributed by atoms with Crippen LogP contribution < -0.4 is 4.74 Å². The van der Waals surface area contributed by atoms with Crippen molar-refractivity contribution in [2.45, 2.75) is 12.8 Å². The molecule has 1 aliphatic rings. The first-order valence-electron chi connectivity index (χ1n) is 9.02. The highest BCUT2D eigenvalue weighted by molar-refractivity contribution is 7.17. The Hall–Kier alpha value is -3.01. The Kier molecular flexibility index (Phi) is 6.42. The lowest BCUT2D eigenvalue weighted by molar-refractivity contribution is -0.380. The van der Waals surface area contributed by atoms with Crippen molar-refractivity contribution in [3.05, 3.63) is 56.7 Å². The molecule has 3 rings (SSSR count). The van der Waals surface area contributed by atoms with Gasteiger partial charge in [-0.15, -0.1) is 0 Å². The number of carbonyl (C=O) groups excluding carboxylic acids is 2. The second-order valence-corrected chi connectivity index (χ2v) is 7.60. The van der Waals surface area contributed by atoms with Crippen LogP contribution in [0.15, 0.2) is 30.3 Å². The number of nitrogens with zero attached hydrogens (tertiary/aromatic N) is 3. The summed E-state index contributed by atoms with van der Waals surface area (Å²) in [4.78, 5) is 38.7. The van der Waals surface area contributed by atoms with E-state index in [0.29, 0.717) is 43.0 Å². The van der Waals surface area contributed by atoms with E-state index >= 15 is 0 Å². The molecule has 0 N–H and O–H groups in total. The zero-order chi connectivity index (χ0) is 21.0. The number of hydrogen-bond acceptors (Lipinski definition) is 6. The molecule has 0 unspecified atom stereocenters. The summed E-state index contributed by atoms with van der Waals surface area (Å²) in [5.41, 5.74) is 0.713. The van der Waals surface area contributed by atoms with Crippen LogP contribution in [-0.4, -0.2) is 59.8 Å². The van der Waals surface area contributed by atoms with E-state index in [1.807, 2.05) is 0 Å². The minimum Gasteiger partial charge on any atom is -0.494 e. The maximum Gasteiger partial charge on any atom is 0.324 e. The number of nitro groups is 1. The van der Waals surface area contributed by atoms with E-state index in [1.54, 1.807) is 15.9 Å². The van der Waals surface area contributed by atoms with Gasteiger partial charge in [0.2, 0.25) is 5.91 Å². The lowest BCUT2D eigenvalue weighted by Crippen LogP contribution is -2.50. The molecule has 0 atom stereocenters. The van der Waals surface area contributed by atoms with Crippen LogP contribution in [0, 0.1) is 15.9 Å². The highest BCUT2D eigenvalue weighted by atomic mass is 32.1. The Morgan fingerprint density at radius 2 is 1.86 bits per heavy atom. The first-order chi connectivity index (χ1) is 13.9. The Labute approximate surface area is 170 Å². The summed E-state index contributed by atoms with van der Waals surface area (Å²) in [6.45, 7) is 1.53. The third-order valence-electron chi connectivity index (χ3n) is 4.75. The second-order valence-electron chi connectivity index (χ2n) is 6.54. The van der Waals surface area contributed by atoms with Crippen LogP contribution in [0.5, 0.6) is 5.75 Å². The number of halogens is 1. The molecule has 0 radical (unpaired) electrons. The van der Waals surface area contributed by atoms with Gasteiger partial charge in [0.05, 0.1) is 16.9 Å². The van der Waals surface area contributed by atoms with Gasteiger partial charge in [-0.3, -0.25) is 19.7 Å².